The first-order valence-corrected chi connectivity index (χ1v) is 6.92. The van der Waals surface area contributed by atoms with E-state index in [2.05, 4.69) is 4.90 Å². The second kappa shape index (κ2) is 10.6. The first-order chi connectivity index (χ1) is 9.61. The number of likely N-dealkylation sites (tertiary alicyclic amines) is 1. The van der Waals surface area contributed by atoms with Crippen LogP contribution in [0.15, 0.2) is 24.3 Å². The summed E-state index contributed by atoms with van der Waals surface area (Å²) in [6.45, 7) is 1.75. The van der Waals surface area contributed by atoms with Crippen molar-refractivity contribution in [3.05, 3.63) is 34.9 Å². The molecule has 1 aromatic carbocycles. The summed E-state index contributed by atoms with van der Waals surface area (Å²) in [4.78, 5) is 14.1. The summed E-state index contributed by atoms with van der Waals surface area (Å²) < 4.78 is 4.92. The number of hydrogen-bond donors (Lipinski definition) is 0. The van der Waals surface area contributed by atoms with Crippen molar-refractivity contribution in [1.29, 1.82) is 0 Å². The minimum absolute atomic E-state index is 0. The Kier molecular flexibility index (Phi) is 10.5. The third-order valence-electron chi connectivity index (χ3n) is 3.62. The Balaban J connectivity index is 0.00000128. The predicted octanol–water partition coefficient (Wildman–Crippen LogP) is -1.47. The van der Waals surface area contributed by atoms with Crippen LogP contribution < -0.4 is 34.7 Å². The fourth-order valence-electron chi connectivity index (χ4n) is 2.61. The van der Waals surface area contributed by atoms with E-state index in [-0.39, 0.29) is 47.4 Å². The molecular formula is C15H21ClNNaO3. The summed E-state index contributed by atoms with van der Waals surface area (Å²) in [5.41, 5.74) is 1.17. The van der Waals surface area contributed by atoms with Gasteiger partial charge < -0.3 is 14.7 Å². The van der Waals surface area contributed by atoms with Crippen LogP contribution in [0.25, 0.3) is 0 Å². The average molecular weight is 322 g/mol. The number of carbonyl (C=O) groups is 1. The number of rotatable bonds is 2. The second-order valence-electron chi connectivity index (χ2n) is 4.84. The monoisotopic (exact) mass is 321 g/mol. The zero-order valence-electron chi connectivity index (χ0n) is 13.1. The smallest absolute Gasteiger partial charge is 0.857 e. The Morgan fingerprint density at radius 2 is 1.90 bits per heavy atom. The summed E-state index contributed by atoms with van der Waals surface area (Å²) in [6.07, 6.45) is 0.970. The Morgan fingerprint density at radius 1 is 1.33 bits per heavy atom. The van der Waals surface area contributed by atoms with E-state index in [1.54, 1.807) is 0 Å². The molecule has 0 bridgehead atoms. The number of hydrogen-bond acceptors (Lipinski definition) is 4. The van der Waals surface area contributed by atoms with E-state index < -0.39 is 0 Å². The van der Waals surface area contributed by atoms with Gasteiger partial charge in [-0.3, -0.25) is 4.79 Å². The maximum Gasteiger partial charge on any atom is 1.00 e. The minimum Gasteiger partial charge on any atom is -0.857 e. The topological polar surface area (TPSA) is 52.6 Å². The zero-order valence-corrected chi connectivity index (χ0v) is 15.9. The Morgan fingerprint density at radius 3 is 2.43 bits per heavy atom. The number of carbonyl (C=O) groups excluding carboxylic acids is 1. The summed E-state index contributed by atoms with van der Waals surface area (Å²) in [5.74, 6) is 0.0161. The zero-order chi connectivity index (χ0) is 15.1. The van der Waals surface area contributed by atoms with Gasteiger partial charge in [-0.2, -0.15) is 7.11 Å². The van der Waals surface area contributed by atoms with E-state index in [9.17, 15) is 4.79 Å². The van der Waals surface area contributed by atoms with Gasteiger partial charge in [0.05, 0.1) is 13.0 Å². The summed E-state index contributed by atoms with van der Waals surface area (Å²) in [5, 5.41) is 8.97. The van der Waals surface area contributed by atoms with Crippen LogP contribution in [0.1, 0.15) is 17.9 Å². The van der Waals surface area contributed by atoms with Crippen molar-refractivity contribution in [2.24, 2.45) is 5.92 Å². The number of ether oxygens (including phenoxy) is 1. The molecule has 1 aromatic rings. The van der Waals surface area contributed by atoms with E-state index in [1.165, 1.54) is 12.7 Å². The van der Waals surface area contributed by atoms with E-state index in [0.29, 0.717) is 0 Å². The molecule has 0 saturated carbocycles. The normalized spacial score (nSPS) is 21.6. The second-order valence-corrected chi connectivity index (χ2v) is 5.28. The molecule has 21 heavy (non-hydrogen) atoms. The van der Waals surface area contributed by atoms with E-state index >= 15 is 0 Å². The van der Waals surface area contributed by atoms with Gasteiger partial charge in [-0.05, 0) is 43.6 Å². The minimum atomic E-state index is -0.124. The largest absolute Gasteiger partial charge is 1.00 e. The summed E-state index contributed by atoms with van der Waals surface area (Å²) in [7, 11) is 4.24. The molecule has 2 rings (SSSR count). The average Bonchev–Trinajstić information content (AvgIpc) is 2.49. The number of esters is 1. The van der Waals surface area contributed by atoms with Crippen LogP contribution in [0, 0.1) is 5.92 Å². The fourth-order valence-corrected chi connectivity index (χ4v) is 2.74. The van der Waals surface area contributed by atoms with Gasteiger partial charge in [-0.15, -0.1) is 0 Å². The molecule has 0 spiro atoms. The Hall–Kier alpha value is -0.100. The molecule has 4 nitrogen and oxygen atoms in total. The number of methoxy groups -OCH3 is 1. The molecule has 2 atom stereocenters. The van der Waals surface area contributed by atoms with Crippen molar-refractivity contribution in [2.45, 2.75) is 12.3 Å². The van der Waals surface area contributed by atoms with Crippen LogP contribution in [-0.2, 0) is 9.53 Å². The van der Waals surface area contributed by atoms with Crippen LogP contribution in [0.4, 0.5) is 0 Å². The summed E-state index contributed by atoms with van der Waals surface area (Å²) in [6, 6.07) is 7.77. The van der Waals surface area contributed by atoms with E-state index in [0.717, 1.165) is 31.6 Å². The van der Waals surface area contributed by atoms with Crippen molar-refractivity contribution < 1.29 is 44.2 Å². The van der Waals surface area contributed by atoms with Gasteiger partial charge in [0.15, 0.2) is 0 Å². The maximum atomic E-state index is 11.9. The summed E-state index contributed by atoms with van der Waals surface area (Å²) >= 11 is 5.90. The fraction of sp³-hybridized carbons (Fsp3) is 0.533. The first-order valence-electron chi connectivity index (χ1n) is 6.54. The third-order valence-corrected chi connectivity index (χ3v) is 3.87. The predicted molar refractivity (Wildman–Crippen MR) is 77.7 cm³/mol. The quantitative estimate of drug-likeness (QED) is 0.493. The number of nitrogens with zero attached hydrogens (tertiary/aromatic N) is 1. The molecule has 1 aliphatic rings. The van der Waals surface area contributed by atoms with Gasteiger partial charge in [0.25, 0.3) is 0 Å². The van der Waals surface area contributed by atoms with Crippen LogP contribution in [0.2, 0.25) is 5.02 Å². The van der Waals surface area contributed by atoms with Crippen molar-refractivity contribution in [2.75, 3.05) is 34.4 Å². The Labute approximate surface area is 153 Å². The van der Waals surface area contributed by atoms with Gasteiger partial charge in [0.2, 0.25) is 0 Å². The Bertz CT molecular complexity index is 427. The molecular weight excluding hydrogens is 301 g/mol. The molecule has 6 heteroatoms. The SMILES string of the molecule is COC(=O)C1CN(C)CCC1c1ccc(Cl)cc1.C[O-].[Na+]. The molecule has 112 valence electrons. The number of piperidine rings is 1. The molecule has 1 heterocycles. The standard InChI is InChI=1S/C14H18ClNO2.CH3O.Na/c1-16-8-7-12(13(9-16)14(17)18-2)10-3-5-11(15)6-4-10;1-2;/h3-6,12-13H,7-9H2,1-2H3;1H3;/q;-1;+1. The van der Waals surface area contributed by atoms with Crippen molar-refractivity contribution >= 4 is 17.6 Å². The molecule has 0 aliphatic carbocycles. The molecule has 0 amide bonds. The van der Waals surface area contributed by atoms with Crippen LogP contribution in [-0.4, -0.2) is 45.2 Å². The van der Waals surface area contributed by atoms with Crippen molar-refractivity contribution in [1.82, 2.24) is 4.90 Å². The number of halogens is 1. The third kappa shape index (κ3) is 5.89. The number of benzene rings is 1. The molecule has 0 radical (unpaired) electrons. The van der Waals surface area contributed by atoms with E-state index in [4.69, 9.17) is 21.4 Å². The molecule has 1 fully saturated rings. The van der Waals surface area contributed by atoms with Gasteiger partial charge in [-0.1, -0.05) is 23.7 Å². The molecule has 1 aliphatic heterocycles. The van der Waals surface area contributed by atoms with Crippen molar-refractivity contribution in [3.8, 4) is 0 Å². The van der Waals surface area contributed by atoms with Gasteiger partial charge in [-0.25, -0.2) is 0 Å². The first kappa shape index (κ1) is 20.9. The molecule has 0 N–H and O–H groups in total. The molecule has 0 aromatic heterocycles. The van der Waals surface area contributed by atoms with Crippen LogP contribution in [0.3, 0.4) is 0 Å². The van der Waals surface area contributed by atoms with Crippen LogP contribution in [0.5, 0.6) is 0 Å². The van der Waals surface area contributed by atoms with Crippen LogP contribution >= 0.6 is 11.6 Å². The molecule has 1 saturated heterocycles. The molecule has 2 unspecified atom stereocenters. The van der Waals surface area contributed by atoms with Crippen molar-refractivity contribution in [3.63, 3.8) is 0 Å². The van der Waals surface area contributed by atoms with Gasteiger partial charge >= 0.3 is 35.5 Å². The maximum absolute atomic E-state index is 11.9. The van der Waals surface area contributed by atoms with E-state index in [1.807, 2.05) is 31.3 Å². The van der Waals surface area contributed by atoms with Gasteiger partial charge in [0.1, 0.15) is 0 Å². The van der Waals surface area contributed by atoms with Gasteiger partial charge in [0, 0.05) is 11.6 Å².